The summed E-state index contributed by atoms with van der Waals surface area (Å²) in [5.74, 6) is -0.111. The molecule has 126 valence electrons. The van der Waals surface area contributed by atoms with Gasteiger partial charge in [0.25, 0.3) is 5.91 Å². The number of hydrogen-bond donors (Lipinski definition) is 3. The second-order valence-electron chi connectivity index (χ2n) is 5.62. The number of hydrogen-bond acceptors (Lipinski definition) is 3. The van der Waals surface area contributed by atoms with Gasteiger partial charge < -0.3 is 16.4 Å². The maximum atomic E-state index is 11.9. The first-order valence-corrected chi connectivity index (χ1v) is 8.00. The second-order valence-corrected chi connectivity index (χ2v) is 5.62. The molecule has 0 aliphatic rings. The normalized spacial score (nSPS) is 10.2. The highest BCUT2D eigenvalue weighted by Crippen LogP contribution is 2.08. The summed E-state index contributed by atoms with van der Waals surface area (Å²) in [6.07, 6.45) is 1.79. The topological polar surface area (TPSA) is 84.2 Å². The van der Waals surface area contributed by atoms with Crippen LogP contribution in [-0.2, 0) is 17.6 Å². The number of rotatable bonds is 7. The van der Waals surface area contributed by atoms with E-state index in [0.717, 1.165) is 23.2 Å². The lowest BCUT2D eigenvalue weighted by atomic mass is 10.1. The number of nitrogen functional groups attached to an aromatic ring is 1. The van der Waals surface area contributed by atoms with Gasteiger partial charge in [-0.3, -0.25) is 9.59 Å². The first-order chi connectivity index (χ1) is 11.6. The Bertz CT molecular complexity index is 696. The monoisotopic (exact) mass is 325 g/mol. The van der Waals surface area contributed by atoms with Gasteiger partial charge in [-0.2, -0.15) is 0 Å². The number of nitrogens with one attached hydrogen (secondary N) is 2. The molecule has 0 spiro atoms. The van der Waals surface area contributed by atoms with Crippen molar-refractivity contribution in [2.24, 2.45) is 0 Å². The Labute approximate surface area is 142 Å². The van der Waals surface area contributed by atoms with Crippen molar-refractivity contribution in [1.82, 2.24) is 10.6 Å². The zero-order valence-corrected chi connectivity index (χ0v) is 13.8. The van der Waals surface area contributed by atoms with Crippen LogP contribution in [0.4, 0.5) is 5.69 Å². The van der Waals surface area contributed by atoms with Gasteiger partial charge in [0.05, 0.1) is 0 Å². The smallest absolute Gasteiger partial charge is 0.251 e. The van der Waals surface area contributed by atoms with E-state index in [4.69, 9.17) is 5.73 Å². The zero-order valence-electron chi connectivity index (χ0n) is 13.8. The number of benzene rings is 2. The molecule has 0 saturated heterocycles. The van der Waals surface area contributed by atoms with Crippen LogP contribution >= 0.6 is 0 Å². The summed E-state index contributed by atoms with van der Waals surface area (Å²) in [5.41, 5.74) is 9.11. The largest absolute Gasteiger partial charge is 0.399 e. The van der Waals surface area contributed by atoms with E-state index in [9.17, 15) is 9.59 Å². The van der Waals surface area contributed by atoms with Crippen LogP contribution in [0.3, 0.4) is 0 Å². The molecule has 0 atom stereocenters. The SMILES string of the molecule is CNC(=O)c1cccc(CCC(=O)NCCc2ccc(N)cc2)c1. The minimum absolute atomic E-state index is 0.00999. The third kappa shape index (κ3) is 5.43. The van der Waals surface area contributed by atoms with Gasteiger partial charge in [0.2, 0.25) is 5.91 Å². The van der Waals surface area contributed by atoms with E-state index in [1.807, 2.05) is 42.5 Å². The number of carbonyl (C=O) groups excluding carboxylic acids is 2. The molecule has 5 nitrogen and oxygen atoms in total. The van der Waals surface area contributed by atoms with E-state index in [2.05, 4.69) is 10.6 Å². The fourth-order valence-electron chi connectivity index (χ4n) is 2.39. The Hall–Kier alpha value is -2.82. The van der Waals surface area contributed by atoms with Gasteiger partial charge >= 0.3 is 0 Å². The molecule has 0 fully saturated rings. The minimum Gasteiger partial charge on any atom is -0.399 e. The van der Waals surface area contributed by atoms with Crippen LogP contribution in [0, 0.1) is 0 Å². The molecule has 24 heavy (non-hydrogen) atoms. The van der Waals surface area contributed by atoms with Crippen LogP contribution in [0.1, 0.15) is 27.9 Å². The van der Waals surface area contributed by atoms with Crippen LogP contribution in [0.15, 0.2) is 48.5 Å². The fraction of sp³-hybridized carbons (Fsp3) is 0.263. The van der Waals surface area contributed by atoms with Gasteiger partial charge in [0.15, 0.2) is 0 Å². The molecule has 2 amide bonds. The number of aryl methyl sites for hydroxylation is 1. The van der Waals surface area contributed by atoms with Crippen molar-refractivity contribution in [3.63, 3.8) is 0 Å². The van der Waals surface area contributed by atoms with Crippen molar-refractivity contribution < 1.29 is 9.59 Å². The Balaban J connectivity index is 1.75. The average Bonchev–Trinajstić information content (AvgIpc) is 2.61. The highest BCUT2D eigenvalue weighted by Gasteiger charge is 2.06. The first-order valence-electron chi connectivity index (χ1n) is 8.00. The Morgan fingerprint density at radius 2 is 1.75 bits per heavy atom. The molecule has 2 aromatic carbocycles. The lowest BCUT2D eigenvalue weighted by Gasteiger charge is -2.07. The molecule has 2 rings (SSSR count). The maximum Gasteiger partial charge on any atom is 0.251 e. The Kier molecular flexibility index (Phi) is 6.37. The predicted molar refractivity (Wildman–Crippen MR) is 95.7 cm³/mol. The van der Waals surface area contributed by atoms with Gasteiger partial charge in [0.1, 0.15) is 0 Å². The van der Waals surface area contributed by atoms with Gasteiger partial charge in [-0.15, -0.1) is 0 Å². The molecule has 0 aliphatic heterocycles. The Morgan fingerprint density at radius 1 is 1.00 bits per heavy atom. The van der Waals surface area contributed by atoms with E-state index in [1.165, 1.54) is 0 Å². The molecule has 0 aromatic heterocycles. The van der Waals surface area contributed by atoms with Crippen LogP contribution in [-0.4, -0.2) is 25.4 Å². The average molecular weight is 325 g/mol. The van der Waals surface area contributed by atoms with Crippen molar-refractivity contribution in [2.45, 2.75) is 19.3 Å². The first kappa shape index (κ1) is 17.5. The van der Waals surface area contributed by atoms with Crippen molar-refractivity contribution in [3.05, 3.63) is 65.2 Å². The summed E-state index contributed by atoms with van der Waals surface area (Å²) in [7, 11) is 1.60. The third-order valence-corrected chi connectivity index (χ3v) is 3.77. The molecule has 5 heteroatoms. The summed E-state index contributed by atoms with van der Waals surface area (Å²) < 4.78 is 0. The van der Waals surface area contributed by atoms with E-state index in [-0.39, 0.29) is 11.8 Å². The van der Waals surface area contributed by atoms with Crippen LogP contribution in [0.5, 0.6) is 0 Å². The van der Waals surface area contributed by atoms with Crippen LogP contribution < -0.4 is 16.4 Å². The highest BCUT2D eigenvalue weighted by molar-refractivity contribution is 5.94. The van der Waals surface area contributed by atoms with Crippen LogP contribution in [0.2, 0.25) is 0 Å². The summed E-state index contributed by atoms with van der Waals surface area (Å²) in [4.78, 5) is 23.5. The van der Waals surface area contributed by atoms with E-state index >= 15 is 0 Å². The van der Waals surface area contributed by atoms with Crippen LogP contribution in [0.25, 0.3) is 0 Å². The molecule has 0 saturated carbocycles. The molecule has 0 unspecified atom stereocenters. The van der Waals surface area contributed by atoms with Gasteiger partial charge in [-0.1, -0.05) is 24.3 Å². The van der Waals surface area contributed by atoms with E-state index < -0.39 is 0 Å². The zero-order chi connectivity index (χ0) is 17.4. The van der Waals surface area contributed by atoms with E-state index in [1.54, 1.807) is 13.1 Å². The number of nitrogens with two attached hydrogens (primary N) is 1. The Morgan fingerprint density at radius 3 is 2.46 bits per heavy atom. The number of anilines is 1. The summed E-state index contributed by atoms with van der Waals surface area (Å²) in [5, 5.41) is 5.51. The standard InChI is InChI=1S/C19H23N3O2/c1-21-19(24)16-4-2-3-15(13-16)7-10-18(23)22-12-11-14-5-8-17(20)9-6-14/h2-6,8-9,13H,7,10-12,20H2,1H3,(H,21,24)(H,22,23). The fourth-order valence-corrected chi connectivity index (χ4v) is 2.39. The molecule has 2 aromatic rings. The van der Waals surface area contributed by atoms with Gasteiger partial charge in [-0.05, 0) is 48.2 Å². The minimum atomic E-state index is -0.121. The lowest BCUT2D eigenvalue weighted by molar-refractivity contribution is -0.121. The molecule has 0 bridgehead atoms. The maximum absolute atomic E-state index is 11.9. The number of amides is 2. The molecule has 0 heterocycles. The van der Waals surface area contributed by atoms with Crippen molar-refractivity contribution >= 4 is 17.5 Å². The van der Waals surface area contributed by atoms with Gasteiger partial charge in [-0.25, -0.2) is 0 Å². The third-order valence-electron chi connectivity index (χ3n) is 3.77. The summed E-state index contributed by atoms with van der Waals surface area (Å²) in [6.45, 7) is 0.598. The summed E-state index contributed by atoms with van der Waals surface area (Å²) >= 11 is 0. The van der Waals surface area contributed by atoms with Gasteiger partial charge in [0, 0.05) is 31.3 Å². The number of carbonyl (C=O) groups is 2. The predicted octanol–water partition coefficient (Wildman–Crippen LogP) is 1.92. The van der Waals surface area contributed by atoms with Crippen molar-refractivity contribution in [1.29, 1.82) is 0 Å². The molecular weight excluding hydrogens is 302 g/mol. The molecule has 0 radical (unpaired) electrons. The highest BCUT2D eigenvalue weighted by atomic mass is 16.2. The molecule has 0 aliphatic carbocycles. The van der Waals surface area contributed by atoms with Crippen molar-refractivity contribution in [3.8, 4) is 0 Å². The lowest BCUT2D eigenvalue weighted by Crippen LogP contribution is -2.25. The quantitative estimate of drug-likeness (QED) is 0.680. The van der Waals surface area contributed by atoms with E-state index in [0.29, 0.717) is 24.9 Å². The second kappa shape index (κ2) is 8.72. The van der Waals surface area contributed by atoms with Crippen molar-refractivity contribution in [2.75, 3.05) is 19.3 Å². The molecule has 4 N–H and O–H groups in total. The molecular formula is C19H23N3O2. The summed E-state index contributed by atoms with van der Waals surface area (Å²) in [6, 6.07) is 15.0.